The lowest BCUT2D eigenvalue weighted by Gasteiger charge is -2.07. The molecule has 1 aromatic carbocycles. The van der Waals surface area contributed by atoms with Crippen molar-refractivity contribution < 1.29 is 17.8 Å². The maximum Gasteiger partial charge on any atom is 0.280 e. The Morgan fingerprint density at radius 2 is 1.74 bits per heavy atom. The normalized spacial score (nSPS) is 14.0. The molecule has 0 bridgehead atoms. The van der Waals surface area contributed by atoms with Crippen LogP contribution in [0, 0.1) is 11.6 Å². The van der Waals surface area contributed by atoms with E-state index in [0.29, 0.717) is 17.1 Å². The lowest BCUT2D eigenvalue weighted by molar-refractivity contribution is 0.369. The van der Waals surface area contributed by atoms with Crippen LogP contribution in [0.15, 0.2) is 27.2 Å². The van der Waals surface area contributed by atoms with E-state index in [1.54, 1.807) is 0 Å². The number of hydrogen-bond donors (Lipinski definition) is 0. The van der Waals surface area contributed by atoms with Gasteiger partial charge in [-0.25, -0.2) is 8.78 Å². The second-order valence-corrected chi connectivity index (χ2v) is 5.61. The quantitative estimate of drug-likeness (QED) is 0.740. The minimum atomic E-state index is -0.630. The molecule has 0 spiro atoms. The third-order valence-corrected chi connectivity index (χ3v) is 3.91. The van der Waals surface area contributed by atoms with E-state index in [1.807, 2.05) is 0 Å². The van der Waals surface area contributed by atoms with Gasteiger partial charge >= 0.3 is 0 Å². The number of hydrogen-bond acceptors (Lipinski definition) is 5. The van der Waals surface area contributed by atoms with Crippen molar-refractivity contribution in [3.63, 3.8) is 0 Å². The highest BCUT2D eigenvalue weighted by molar-refractivity contribution is 5.54. The van der Waals surface area contributed by atoms with Crippen molar-refractivity contribution >= 4 is 0 Å². The third kappa shape index (κ3) is 2.74. The summed E-state index contributed by atoms with van der Waals surface area (Å²) in [6.45, 7) is 0. The SMILES string of the molecule is Fc1cc(F)cc(Cc2noc(-c3noc4c3CCCC4)n2)c1. The van der Waals surface area contributed by atoms with Crippen LogP contribution in [0.1, 0.15) is 35.6 Å². The second kappa shape index (κ2) is 5.57. The van der Waals surface area contributed by atoms with E-state index in [0.717, 1.165) is 43.1 Å². The summed E-state index contributed by atoms with van der Waals surface area (Å²) >= 11 is 0. The molecule has 0 aliphatic heterocycles. The number of fused-ring (bicyclic) bond motifs is 1. The molecule has 0 saturated heterocycles. The van der Waals surface area contributed by atoms with Gasteiger partial charge in [0.2, 0.25) is 0 Å². The van der Waals surface area contributed by atoms with Crippen molar-refractivity contribution in [2.45, 2.75) is 32.1 Å². The summed E-state index contributed by atoms with van der Waals surface area (Å²) < 4.78 is 37.0. The molecule has 0 saturated carbocycles. The number of aryl methyl sites for hydroxylation is 1. The molecule has 2 heterocycles. The number of benzene rings is 1. The Hall–Kier alpha value is -2.57. The fraction of sp³-hybridized carbons (Fsp3) is 0.312. The van der Waals surface area contributed by atoms with Crippen LogP contribution < -0.4 is 0 Å². The molecule has 2 aromatic heterocycles. The Morgan fingerprint density at radius 1 is 0.957 bits per heavy atom. The molecule has 0 radical (unpaired) electrons. The van der Waals surface area contributed by atoms with Crippen molar-refractivity contribution in [3.05, 3.63) is 52.5 Å². The van der Waals surface area contributed by atoms with Crippen LogP contribution in [0.4, 0.5) is 8.78 Å². The first kappa shape index (κ1) is 14.0. The fourth-order valence-electron chi connectivity index (χ4n) is 2.87. The van der Waals surface area contributed by atoms with Crippen LogP contribution in [0.25, 0.3) is 11.6 Å². The van der Waals surface area contributed by atoms with E-state index in [-0.39, 0.29) is 12.3 Å². The largest absolute Gasteiger partial charge is 0.360 e. The lowest BCUT2D eigenvalue weighted by atomic mass is 9.96. The molecule has 1 aliphatic carbocycles. The van der Waals surface area contributed by atoms with Crippen LogP contribution >= 0.6 is 0 Å². The molecule has 5 nitrogen and oxygen atoms in total. The molecule has 3 aromatic rings. The Kier molecular flexibility index (Phi) is 3.40. The molecular weight excluding hydrogens is 304 g/mol. The lowest BCUT2D eigenvalue weighted by Crippen LogP contribution is -2.00. The third-order valence-electron chi connectivity index (χ3n) is 3.91. The van der Waals surface area contributed by atoms with Crippen molar-refractivity contribution in [2.75, 3.05) is 0 Å². The first-order chi connectivity index (χ1) is 11.2. The van der Waals surface area contributed by atoms with Crippen LogP contribution in [-0.4, -0.2) is 15.3 Å². The first-order valence-corrected chi connectivity index (χ1v) is 7.44. The smallest absolute Gasteiger partial charge is 0.280 e. The van der Waals surface area contributed by atoms with Gasteiger partial charge in [0.1, 0.15) is 17.4 Å². The van der Waals surface area contributed by atoms with Crippen LogP contribution in [0.2, 0.25) is 0 Å². The zero-order chi connectivity index (χ0) is 15.8. The molecule has 0 atom stereocenters. The maximum atomic E-state index is 13.2. The van der Waals surface area contributed by atoms with E-state index in [1.165, 1.54) is 12.1 Å². The van der Waals surface area contributed by atoms with Crippen LogP contribution in [0.3, 0.4) is 0 Å². The predicted octanol–water partition coefficient (Wildman–Crippen LogP) is 3.47. The van der Waals surface area contributed by atoms with Crippen molar-refractivity contribution in [2.24, 2.45) is 0 Å². The fourth-order valence-corrected chi connectivity index (χ4v) is 2.87. The van der Waals surface area contributed by atoms with E-state index < -0.39 is 11.6 Å². The summed E-state index contributed by atoms with van der Waals surface area (Å²) in [5, 5.41) is 7.89. The Balaban J connectivity index is 1.60. The Bertz CT molecular complexity index is 837. The average Bonchev–Trinajstić information content (AvgIpc) is 3.12. The van der Waals surface area contributed by atoms with Crippen LogP contribution in [-0.2, 0) is 19.3 Å². The van der Waals surface area contributed by atoms with Gasteiger partial charge in [-0.1, -0.05) is 10.3 Å². The van der Waals surface area contributed by atoms with Gasteiger partial charge in [0.15, 0.2) is 11.5 Å². The van der Waals surface area contributed by atoms with Crippen molar-refractivity contribution in [1.29, 1.82) is 0 Å². The van der Waals surface area contributed by atoms with Gasteiger partial charge in [0, 0.05) is 24.5 Å². The van der Waals surface area contributed by atoms with Crippen molar-refractivity contribution in [3.8, 4) is 11.6 Å². The second-order valence-electron chi connectivity index (χ2n) is 5.61. The van der Waals surface area contributed by atoms with Gasteiger partial charge < -0.3 is 9.05 Å². The molecule has 0 unspecified atom stereocenters. The van der Waals surface area contributed by atoms with Gasteiger partial charge in [0.25, 0.3) is 5.89 Å². The predicted molar refractivity (Wildman–Crippen MR) is 75.6 cm³/mol. The molecule has 4 rings (SSSR count). The molecule has 0 fully saturated rings. The molecular formula is C16H13F2N3O2. The topological polar surface area (TPSA) is 65.0 Å². The summed E-state index contributed by atoms with van der Waals surface area (Å²) in [7, 11) is 0. The Morgan fingerprint density at radius 3 is 2.57 bits per heavy atom. The molecule has 23 heavy (non-hydrogen) atoms. The molecule has 0 amide bonds. The number of nitrogens with zero attached hydrogens (tertiary/aromatic N) is 3. The highest BCUT2D eigenvalue weighted by Gasteiger charge is 2.24. The number of aromatic nitrogens is 3. The standard InChI is InChI=1S/C16H13F2N3O2/c17-10-5-9(6-11(18)8-10)7-14-19-16(23-20-14)15-12-3-1-2-4-13(12)22-21-15/h5-6,8H,1-4,7H2. The summed E-state index contributed by atoms with van der Waals surface area (Å²) in [5.41, 5.74) is 2.03. The number of halogens is 2. The first-order valence-electron chi connectivity index (χ1n) is 7.44. The molecule has 118 valence electrons. The number of rotatable bonds is 3. The van der Waals surface area contributed by atoms with Crippen molar-refractivity contribution in [1.82, 2.24) is 15.3 Å². The van der Waals surface area contributed by atoms with E-state index in [9.17, 15) is 8.78 Å². The minimum Gasteiger partial charge on any atom is -0.360 e. The van der Waals surface area contributed by atoms with Crippen LogP contribution in [0.5, 0.6) is 0 Å². The summed E-state index contributed by atoms with van der Waals surface area (Å²) in [6, 6.07) is 3.32. The highest BCUT2D eigenvalue weighted by Crippen LogP contribution is 2.30. The maximum absolute atomic E-state index is 13.2. The summed E-state index contributed by atoms with van der Waals surface area (Å²) in [5.74, 6) is 0.239. The van der Waals surface area contributed by atoms with E-state index in [2.05, 4.69) is 15.3 Å². The van der Waals surface area contributed by atoms with E-state index >= 15 is 0 Å². The minimum absolute atomic E-state index is 0.179. The average molecular weight is 317 g/mol. The van der Waals surface area contributed by atoms with E-state index in [4.69, 9.17) is 9.05 Å². The highest BCUT2D eigenvalue weighted by atomic mass is 19.1. The Labute approximate surface area is 130 Å². The molecule has 1 aliphatic rings. The zero-order valence-electron chi connectivity index (χ0n) is 12.2. The van der Waals surface area contributed by atoms with Gasteiger partial charge in [-0.2, -0.15) is 4.98 Å². The van der Waals surface area contributed by atoms with Gasteiger partial charge in [-0.3, -0.25) is 0 Å². The zero-order valence-corrected chi connectivity index (χ0v) is 12.2. The van der Waals surface area contributed by atoms with Gasteiger partial charge in [-0.15, -0.1) is 0 Å². The monoisotopic (exact) mass is 317 g/mol. The summed E-state index contributed by atoms with van der Waals surface area (Å²) in [6.07, 6.45) is 4.08. The molecule has 7 heteroatoms. The van der Waals surface area contributed by atoms with Gasteiger partial charge in [0.05, 0.1) is 0 Å². The molecule has 0 N–H and O–H groups in total. The van der Waals surface area contributed by atoms with Gasteiger partial charge in [-0.05, 0) is 37.0 Å². The summed E-state index contributed by atoms with van der Waals surface area (Å²) in [4.78, 5) is 4.27.